The molecule has 3 heteroatoms. The minimum absolute atomic E-state index is 0.472. The van der Waals surface area contributed by atoms with Gasteiger partial charge in [-0.25, -0.2) is 11.4 Å². The number of hydrogen-bond acceptors (Lipinski definition) is 2. The van der Waals surface area contributed by atoms with Crippen LogP contribution in [0.3, 0.4) is 0 Å². The van der Waals surface area contributed by atoms with Crippen LogP contribution in [0.25, 0.3) is 4.85 Å². The van der Waals surface area contributed by atoms with E-state index in [0.717, 1.165) is 0 Å². The first-order valence-electron chi connectivity index (χ1n) is 2.16. The summed E-state index contributed by atoms with van der Waals surface area (Å²) in [5.41, 5.74) is 0. The lowest BCUT2D eigenvalue weighted by Crippen LogP contribution is -2.13. The minimum Gasteiger partial charge on any atom is -0.463 e. The standard InChI is InChI=1S/C5H7NO2/c1-4(6-2)5(7)8-3/h4H,1,3H3. The average Bonchev–Trinajstić information content (AvgIpc) is 1.84. The van der Waals surface area contributed by atoms with Crippen LogP contribution in [0.4, 0.5) is 0 Å². The van der Waals surface area contributed by atoms with Crippen LogP contribution in [0.5, 0.6) is 0 Å². The molecule has 0 rings (SSSR count). The van der Waals surface area contributed by atoms with Crippen molar-refractivity contribution in [3.63, 3.8) is 0 Å². The van der Waals surface area contributed by atoms with Gasteiger partial charge in [0.25, 0.3) is 0 Å². The Morgan fingerprint density at radius 3 is 2.50 bits per heavy atom. The van der Waals surface area contributed by atoms with Gasteiger partial charge in [0.15, 0.2) is 0 Å². The normalized spacial score (nSPS) is 11.6. The second-order valence-electron chi connectivity index (χ2n) is 1.33. The van der Waals surface area contributed by atoms with E-state index in [4.69, 9.17) is 6.57 Å². The fourth-order valence-corrected chi connectivity index (χ4v) is 0.223. The van der Waals surface area contributed by atoms with E-state index in [-0.39, 0.29) is 0 Å². The number of methoxy groups -OCH3 is 1. The maximum Gasteiger partial charge on any atom is 0.389 e. The molecule has 0 amide bonds. The molecule has 0 N–H and O–H groups in total. The smallest absolute Gasteiger partial charge is 0.389 e. The van der Waals surface area contributed by atoms with E-state index >= 15 is 0 Å². The first-order valence-corrected chi connectivity index (χ1v) is 2.16. The molecule has 0 aromatic carbocycles. The number of carbonyl (C=O) groups is 1. The average molecular weight is 113 g/mol. The fourth-order valence-electron chi connectivity index (χ4n) is 0.223. The van der Waals surface area contributed by atoms with Gasteiger partial charge in [-0.05, 0) is 0 Å². The van der Waals surface area contributed by atoms with Crippen LogP contribution in [0.2, 0.25) is 0 Å². The highest BCUT2D eigenvalue weighted by molar-refractivity contribution is 5.76. The van der Waals surface area contributed by atoms with Crippen LogP contribution >= 0.6 is 0 Å². The Balaban J connectivity index is 3.68. The largest absolute Gasteiger partial charge is 0.463 e. The van der Waals surface area contributed by atoms with Crippen LogP contribution in [-0.2, 0) is 9.53 Å². The summed E-state index contributed by atoms with van der Waals surface area (Å²) < 4.78 is 4.25. The van der Waals surface area contributed by atoms with E-state index < -0.39 is 12.0 Å². The van der Waals surface area contributed by atoms with Gasteiger partial charge >= 0.3 is 12.0 Å². The molecule has 0 fully saturated rings. The van der Waals surface area contributed by atoms with E-state index in [1.54, 1.807) is 0 Å². The number of carbonyl (C=O) groups excluding carboxylic acids is 1. The Hall–Kier alpha value is -1.04. The summed E-state index contributed by atoms with van der Waals surface area (Å²) in [6.45, 7) is 7.87. The summed E-state index contributed by atoms with van der Waals surface area (Å²) in [5, 5.41) is 0. The molecule has 0 saturated carbocycles. The predicted octanol–water partition coefficient (Wildman–Crippen LogP) is 0.467. The van der Waals surface area contributed by atoms with Gasteiger partial charge in [-0.2, -0.15) is 0 Å². The monoisotopic (exact) mass is 113 g/mol. The maximum atomic E-state index is 10.3. The lowest BCUT2D eigenvalue weighted by atomic mass is 10.4. The third kappa shape index (κ3) is 1.61. The highest BCUT2D eigenvalue weighted by atomic mass is 16.5. The second kappa shape index (κ2) is 3.03. The van der Waals surface area contributed by atoms with Crippen LogP contribution in [0.15, 0.2) is 0 Å². The third-order valence-corrected chi connectivity index (χ3v) is 0.736. The quantitative estimate of drug-likeness (QED) is 0.365. The van der Waals surface area contributed by atoms with Gasteiger partial charge in [0.05, 0.1) is 7.11 Å². The molecule has 0 radical (unpaired) electrons. The lowest BCUT2D eigenvalue weighted by Gasteiger charge is -1.92. The summed E-state index contributed by atoms with van der Waals surface area (Å²) in [6.07, 6.45) is 0. The van der Waals surface area contributed by atoms with E-state index in [9.17, 15) is 4.79 Å². The number of esters is 1. The Morgan fingerprint density at radius 1 is 1.88 bits per heavy atom. The zero-order valence-electron chi connectivity index (χ0n) is 4.84. The van der Waals surface area contributed by atoms with Gasteiger partial charge in [0, 0.05) is 6.92 Å². The van der Waals surface area contributed by atoms with Gasteiger partial charge in [-0.1, -0.05) is 0 Å². The highest BCUT2D eigenvalue weighted by Gasteiger charge is 2.15. The molecular formula is C5H7NO2. The summed E-state index contributed by atoms with van der Waals surface area (Å²) >= 11 is 0. The molecule has 0 saturated heterocycles. The van der Waals surface area contributed by atoms with Crippen molar-refractivity contribution in [3.8, 4) is 0 Å². The van der Waals surface area contributed by atoms with Gasteiger partial charge in [-0.3, -0.25) is 0 Å². The molecule has 0 aromatic rings. The molecule has 3 nitrogen and oxygen atoms in total. The maximum absolute atomic E-state index is 10.3. The first-order chi connectivity index (χ1) is 3.72. The fraction of sp³-hybridized carbons (Fsp3) is 0.600. The first kappa shape index (κ1) is 6.96. The molecule has 0 aromatic heterocycles. The summed E-state index contributed by atoms with van der Waals surface area (Å²) in [4.78, 5) is 13.2. The number of ether oxygens (including phenoxy) is 1. The molecule has 1 unspecified atom stereocenters. The number of rotatable bonds is 1. The van der Waals surface area contributed by atoms with Crippen molar-refractivity contribution >= 4 is 5.97 Å². The summed E-state index contributed by atoms with van der Waals surface area (Å²) in [6, 6.07) is -0.653. The van der Waals surface area contributed by atoms with Crippen molar-refractivity contribution < 1.29 is 9.53 Å². The van der Waals surface area contributed by atoms with Crippen molar-refractivity contribution in [2.45, 2.75) is 13.0 Å². The molecule has 0 aliphatic carbocycles. The minimum atomic E-state index is -0.653. The van der Waals surface area contributed by atoms with E-state index in [0.29, 0.717) is 0 Å². The Morgan fingerprint density at radius 2 is 2.38 bits per heavy atom. The van der Waals surface area contributed by atoms with E-state index in [2.05, 4.69) is 9.58 Å². The van der Waals surface area contributed by atoms with Gasteiger partial charge in [0.2, 0.25) is 0 Å². The highest BCUT2D eigenvalue weighted by Crippen LogP contribution is 1.89. The Bertz CT molecular complexity index is 125. The molecule has 0 spiro atoms. The second-order valence-corrected chi connectivity index (χ2v) is 1.33. The van der Waals surface area contributed by atoms with E-state index in [1.165, 1.54) is 14.0 Å². The predicted molar refractivity (Wildman–Crippen MR) is 28.1 cm³/mol. The molecule has 0 bridgehead atoms. The van der Waals surface area contributed by atoms with Gasteiger partial charge in [0.1, 0.15) is 0 Å². The SMILES string of the molecule is [C-]#[N+]C(C)C(=O)OC. The zero-order chi connectivity index (χ0) is 6.57. The third-order valence-electron chi connectivity index (χ3n) is 0.736. The molecular weight excluding hydrogens is 106 g/mol. The zero-order valence-corrected chi connectivity index (χ0v) is 4.84. The lowest BCUT2D eigenvalue weighted by molar-refractivity contribution is -0.140. The van der Waals surface area contributed by atoms with E-state index in [1.807, 2.05) is 0 Å². The Kier molecular flexibility index (Phi) is 2.63. The molecule has 8 heavy (non-hydrogen) atoms. The summed E-state index contributed by atoms with van der Waals surface area (Å²) in [5.74, 6) is -0.472. The van der Waals surface area contributed by atoms with Crippen molar-refractivity contribution in [2.24, 2.45) is 0 Å². The van der Waals surface area contributed by atoms with Crippen LogP contribution in [0.1, 0.15) is 6.92 Å². The molecule has 0 aliphatic heterocycles. The van der Waals surface area contributed by atoms with Crippen molar-refractivity contribution in [1.29, 1.82) is 0 Å². The molecule has 0 heterocycles. The van der Waals surface area contributed by atoms with Crippen molar-refractivity contribution in [3.05, 3.63) is 11.4 Å². The summed E-state index contributed by atoms with van der Waals surface area (Å²) in [7, 11) is 1.27. The van der Waals surface area contributed by atoms with Gasteiger partial charge in [-0.15, -0.1) is 0 Å². The molecule has 1 atom stereocenters. The topological polar surface area (TPSA) is 30.7 Å². The van der Waals surface area contributed by atoms with Gasteiger partial charge < -0.3 is 9.58 Å². The van der Waals surface area contributed by atoms with Crippen LogP contribution in [0, 0.1) is 6.57 Å². The molecule has 44 valence electrons. The van der Waals surface area contributed by atoms with Crippen LogP contribution in [-0.4, -0.2) is 19.1 Å². The van der Waals surface area contributed by atoms with Crippen molar-refractivity contribution in [1.82, 2.24) is 0 Å². The Labute approximate surface area is 48.1 Å². The molecule has 0 aliphatic rings. The number of nitrogens with zero attached hydrogens (tertiary/aromatic N) is 1. The number of hydrogen-bond donors (Lipinski definition) is 0. The van der Waals surface area contributed by atoms with Crippen molar-refractivity contribution in [2.75, 3.05) is 7.11 Å². The van der Waals surface area contributed by atoms with Crippen LogP contribution < -0.4 is 0 Å².